The molecule has 1 saturated heterocycles. The van der Waals surface area contributed by atoms with Crippen molar-refractivity contribution in [1.82, 2.24) is 9.97 Å². The molecule has 2 N–H and O–H groups in total. The summed E-state index contributed by atoms with van der Waals surface area (Å²) in [6.45, 7) is 6.54. The topological polar surface area (TPSA) is 64.3 Å². The van der Waals surface area contributed by atoms with Crippen LogP contribution in [-0.2, 0) is 0 Å². The number of aryl methyl sites for hydroxylation is 1. The normalized spacial score (nSPS) is 19.9. The van der Waals surface area contributed by atoms with Crippen LogP contribution in [0, 0.1) is 6.92 Å². The van der Waals surface area contributed by atoms with Crippen molar-refractivity contribution in [2.24, 2.45) is 5.73 Å². The van der Waals surface area contributed by atoms with Gasteiger partial charge in [-0.25, -0.2) is 4.98 Å². The van der Waals surface area contributed by atoms with Crippen molar-refractivity contribution in [3.63, 3.8) is 0 Å². The maximum atomic E-state index is 5.99. The van der Waals surface area contributed by atoms with Gasteiger partial charge >= 0.3 is 0 Å². The van der Waals surface area contributed by atoms with Gasteiger partial charge in [0, 0.05) is 30.9 Å². The Morgan fingerprint density at radius 2 is 2.33 bits per heavy atom. The summed E-state index contributed by atoms with van der Waals surface area (Å²) in [5.41, 5.74) is 6.93. The number of ether oxygens (including phenoxy) is 1. The van der Waals surface area contributed by atoms with Gasteiger partial charge in [0.05, 0.1) is 6.61 Å². The van der Waals surface area contributed by atoms with E-state index in [1.54, 1.807) is 0 Å². The van der Waals surface area contributed by atoms with E-state index in [0.29, 0.717) is 12.5 Å². The van der Waals surface area contributed by atoms with Crippen LogP contribution in [0.1, 0.15) is 31.9 Å². The lowest BCUT2D eigenvalue weighted by molar-refractivity contribution is 0.304. The zero-order valence-electron chi connectivity index (χ0n) is 11.2. The molecule has 1 fully saturated rings. The molecule has 0 spiro atoms. The molecular formula is C13H22N4O. The highest BCUT2D eigenvalue weighted by Gasteiger charge is 2.19. The summed E-state index contributed by atoms with van der Waals surface area (Å²) in [5.74, 6) is 1.41. The molecule has 0 amide bonds. The number of nitrogens with two attached hydrogens (primary N) is 1. The van der Waals surface area contributed by atoms with E-state index >= 15 is 0 Å². The van der Waals surface area contributed by atoms with Crippen LogP contribution >= 0.6 is 0 Å². The Morgan fingerprint density at radius 1 is 1.50 bits per heavy atom. The van der Waals surface area contributed by atoms with Crippen molar-refractivity contribution in [1.29, 1.82) is 0 Å². The second-order valence-corrected chi connectivity index (χ2v) is 4.84. The van der Waals surface area contributed by atoms with Crippen LogP contribution in [0.15, 0.2) is 6.07 Å². The van der Waals surface area contributed by atoms with Gasteiger partial charge in [0.1, 0.15) is 0 Å². The predicted octanol–water partition coefficient (Wildman–Crippen LogP) is 1.50. The van der Waals surface area contributed by atoms with Crippen molar-refractivity contribution in [2.75, 3.05) is 24.6 Å². The van der Waals surface area contributed by atoms with E-state index in [0.717, 1.165) is 44.0 Å². The van der Waals surface area contributed by atoms with Crippen LogP contribution in [0.5, 0.6) is 5.88 Å². The Morgan fingerprint density at radius 3 is 3.06 bits per heavy atom. The third kappa shape index (κ3) is 3.32. The second-order valence-electron chi connectivity index (χ2n) is 4.84. The minimum atomic E-state index is 0.225. The first-order chi connectivity index (χ1) is 8.69. The Labute approximate surface area is 108 Å². The second kappa shape index (κ2) is 6.00. The number of rotatable bonds is 4. The number of aromatic nitrogens is 2. The number of anilines is 1. The molecule has 1 atom stereocenters. The van der Waals surface area contributed by atoms with E-state index in [1.807, 2.05) is 13.0 Å². The molecular weight excluding hydrogens is 228 g/mol. The summed E-state index contributed by atoms with van der Waals surface area (Å²) in [7, 11) is 0. The molecule has 1 aromatic heterocycles. The summed E-state index contributed by atoms with van der Waals surface area (Å²) in [6.07, 6.45) is 3.16. The zero-order valence-corrected chi connectivity index (χ0v) is 11.2. The fourth-order valence-corrected chi connectivity index (χ4v) is 2.14. The smallest absolute Gasteiger partial charge is 0.228 e. The van der Waals surface area contributed by atoms with E-state index in [9.17, 15) is 0 Å². The van der Waals surface area contributed by atoms with Crippen molar-refractivity contribution in [3.05, 3.63) is 11.8 Å². The Hall–Kier alpha value is -1.36. The molecule has 2 heterocycles. The molecule has 1 aliphatic heterocycles. The van der Waals surface area contributed by atoms with Gasteiger partial charge in [-0.05, 0) is 26.2 Å². The molecule has 100 valence electrons. The predicted molar refractivity (Wildman–Crippen MR) is 72.0 cm³/mol. The highest BCUT2D eigenvalue weighted by molar-refractivity contribution is 5.35. The molecule has 5 nitrogen and oxygen atoms in total. The molecule has 1 unspecified atom stereocenters. The minimum Gasteiger partial charge on any atom is -0.478 e. The van der Waals surface area contributed by atoms with Crippen LogP contribution in [0.25, 0.3) is 0 Å². The van der Waals surface area contributed by atoms with Gasteiger partial charge in [0.25, 0.3) is 0 Å². The third-order valence-corrected chi connectivity index (χ3v) is 3.01. The molecule has 0 saturated carbocycles. The molecule has 1 aliphatic rings. The summed E-state index contributed by atoms with van der Waals surface area (Å²) in [4.78, 5) is 11.1. The minimum absolute atomic E-state index is 0.225. The molecule has 18 heavy (non-hydrogen) atoms. The average Bonchev–Trinajstić information content (AvgIpc) is 2.36. The summed E-state index contributed by atoms with van der Waals surface area (Å²) in [5, 5.41) is 0. The first-order valence-electron chi connectivity index (χ1n) is 6.68. The molecule has 0 radical (unpaired) electrons. The first-order valence-corrected chi connectivity index (χ1v) is 6.68. The van der Waals surface area contributed by atoms with Gasteiger partial charge in [-0.1, -0.05) is 6.92 Å². The quantitative estimate of drug-likeness (QED) is 0.877. The number of hydrogen-bond acceptors (Lipinski definition) is 5. The van der Waals surface area contributed by atoms with Crippen LogP contribution in [-0.4, -0.2) is 35.7 Å². The van der Waals surface area contributed by atoms with Gasteiger partial charge in [0.2, 0.25) is 11.8 Å². The van der Waals surface area contributed by atoms with Crippen LogP contribution < -0.4 is 15.4 Å². The lowest BCUT2D eigenvalue weighted by Gasteiger charge is -2.30. The zero-order chi connectivity index (χ0) is 13.0. The first kappa shape index (κ1) is 13.1. The highest BCUT2D eigenvalue weighted by Crippen LogP contribution is 2.19. The van der Waals surface area contributed by atoms with Gasteiger partial charge in [-0.3, -0.25) is 0 Å². The highest BCUT2D eigenvalue weighted by atomic mass is 16.5. The van der Waals surface area contributed by atoms with E-state index in [4.69, 9.17) is 10.5 Å². The largest absolute Gasteiger partial charge is 0.478 e. The molecule has 0 aliphatic carbocycles. The van der Waals surface area contributed by atoms with E-state index < -0.39 is 0 Å². The fourth-order valence-electron chi connectivity index (χ4n) is 2.14. The van der Waals surface area contributed by atoms with E-state index in [2.05, 4.69) is 21.8 Å². The number of piperidine rings is 1. The van der Waals surface area contributed by atoms with Crippen LogP contribution in [0.4, 0.5) is 5.95 Å². The van der Waals surface area contributed by atoms with Crippen molar-refractivity contribution >= 4 is 5.95 Å². The average molecular weight is 250 g/mol. The number of hydrogen-bond donors (Lipinski definition) is 1. The molecule has 5 heteroatoms. The van der Waals surface area contributed by atoms with Crippen molar-refractivity contribution < 1.29 is 4.74 Å². The summed E-state index contributed by atoms with van der Waals surface area (Å²) < 4.78 is 5.59. The van der Waals surface area contributed by atoms with Gasteiger partial charge in [-0.15, -0.1) is 0 Å². The molecule has 1 aromatic rings. The standard InChI is InChI=1S/C13H22N4O/c1-3-7-18-12-8-10(2)15-13(16-12)17-6-4-5-11(14)9-17/h8,11H,3-7,9,14H2,1-2H3. The van der Waals surface area contributed by atoms with Crippen molar-refractivity contribution in [3.8, 4) is 5.88 Å². The maximum Gasteiger partial charge on any atom is 0.228 e. The third-order valence-electron chi connectivity index (χ3n) is 3.01. The Bertz CT molecular complexity index is 397. The van der Waals surface area contributed by atoms with Crippen LogP contribution in [0.2, 0.25) is 0 Å². The molecule has 0 bridgehead atoms. The van der Waals surface area contributed by atoms with Gasteiger partial charge < -0.3 is 15.4 Å². The fraction of sp³-hybridized carbons (Fsp3) is 0.692. The van der Waals surface area contributed by atoms with E-state index in [-0.39, 0.29) is 6.04 Å². The Kier molecular flexibility index (Phi) is 4.36. The summed E-state index contributed by atoms with van der Waals surface area (Å²) >= 11 is 0. The summed E-state index contributed by atoms with van der Waals surface area (Å²) in [6, 6.07) is 2.10. The molecule has 0 aromatic carbocycles. The SMILES string of the molecule is CCCOc1cc(C)nc(N2CCCC(N)C2)n1. The lowest BCUT2D eigenvalue weighted by atomic mass is 10.1. The van der Waals surface area contributed by atoms with E-state index in [1.165, 1.54) is 0 Å². The lowest BCUT2D eigenvalue weighted by Crippen LogP contribution is -2.43. The monoisotopic (exact) mass is 250 g/mol. The van der Waals surface area contributed by atoms with Crippen LogP contribution in [0.3, 0.4) is 0 Å². The Balaban J connectivity index is 2.13. The van der Waals surface area contributed by atoms with Gasteiger partial charge in [0.15, 0.2) is 0 Å². The maximum absolute atomic E-state index is 5.99. The molecule has 2 rings (SSSR count). The van der Waals surface area contributed by atoms with Crippen molar-refractivity contribution in [2.45, 2.75) is 39.2 Å². The van der Waals surface area contributed by atoms with Gasteiger partial charge in [-0.2, -0.15) is 4.98 Å². The number of nitrogens with zero attached hydrogens (tertiary/aromatic N) is 3.